The molecule has 4 rings (SSSR count). The van der Waals surface area contributed by atoms with Gasteiger partial charge in [-0.15, -0.1) is 20.5 Å². The van der Waals surface area contributed by atoms with Crippen LogP contribution in [-0.4, -0.2) is 120 Å². The standard InChI is InChI=1S/C29H31N5O21S6/c1-30-20-7-5-17-18(27(20)33-31-19-6-4-16(12-24(19)58(40,41)42)56(36,37)10-8-54-60(46,47)48)13-26(59(43,44)45)28(29(17)53-3)34-32-21-14-23(52-2)25(15-22(21)35)57(38,39)11-9-55-61(49,50)51/h4-7,12-15,30,35H,8-11H2,1-3H3,(H,40,41,42)(H,43,44,45)(H,46,47,48)(H,49,50,51)/b33-31+,34-32+. The average Bonchev–Trinajstić information content (AvgIpc) is 3.13. The third kappa shape index (κ3) is 12.1. The molecule has 26 nitrogen and oxygen atoms in total. The minimum atomic E-state index is -5.28. The van der Waals surface area contributed by atoms with Gasteiger partial charge in [0.25, 0.3) is 20.2 Å². The first-order chi connectivity index (χ1) is 28.0. The molecule has 0 fully saturated rings. The van der Waals surface area contributed by atoms with Gasteiger partial charge >= 0.3 is 20.8 Å². The molecule has 4 aromatic rings. The summed E-state index contributed by atoms with van der Waals surface area (Å²) in [5.74, 6) is -3.83. The highest BCUT2D eigenvalue weighted by Gasteiger charge is 2.28. The van der Waals surface area contributed by atoms with Crippen molar-refractivity contribution < 1.29 is 91.7 Å². The van der Waals surface area contributed by atoms with Gasteiger partial charge in [-0.05, 0) is 36.4 Å². The second-order valence-corrected chi connectivity index (χ2v) is 20.8. The Bertz CT molecular complexity index is 3140. The Balaban J connectivity index is 1.88. The van der Waals surface area contributed by atoms with Crippen LogP contribution in [0.2, 0.25) is 0 Å². The number of hydrogen-bond donors (Lipinski definition) is 6. The van der Waals surface area contributed by atoms with Crippen molar-refractivity contribution in [3.8, 4) is 17.2 Å². The number of phenolic OH excluding ortho intramolecular Hbond substituents is 1. The lowest BCUT2D eigenvalue weighted by Gasteiger charge is -2.15. The van der Waals surface area contributed by atoms with E-state index in [1.165, 1.54) is 19.2 Å². The fourth-order valence-corrected chi connectivity index (χ4v) is 9.67. The van der Waals surface area contributed by atoms with Crippen LogP contribution in [0.15, 0.2) is 88.6 Å². The van der Waals surface area contributed by atoms with Crippen LogP contribution in [0.5, 0.6) is 17.2 Å². The third-order valence-electron chi connectivity index (χ3n) is 7.79. The highest BCUT2D eigenvalue weighted by molar-refractivity contribution is 7.92. The molecule has 0 bridgehead atoms. The summed E-state index contributed by atoms with van der Waals surface area (Å²) < 4.78 is 201. The number of methoxy groups -OCH3 is 2. The number of rotatable bonds is 19. The topological polar surface area (TPSA) is 404 Å². The van der Waals surface area contributed by atoms with E-state index in [1.54, 1.807) is 0 Å². The number of nitrogens with one attached hydrogen (secondary N) is 1. The molecule has 0 aliphatic carbocycles. The molecule has 0 spiro atoms. The lowest BCUT2D eigenvalue weighted by molar-refractivity contribution is 0.282. The summed E-state index contributed by atoms with van der Waals surface area (Å²) >= 11 is 0. The number of phenols is 1. The Morgan fingerprint density at radius 3 is 1.66 bits per heavy atom. The summed E-state index contributed by atoms with van der Waals surface area (Å²) in [6, 6.07) is 7.16. The van der Waals surface area contributed by atoms with Crippen molar-refractivity contribution in [1.29, 1.82) is 0 Å². The van der Waals surface area contributed by atoms with Crippen LogP contribution in [0.1, 0.15) is 0 Å². The summed E-state index contributed by atoms with van der Waals surface area (Å²) in [6.45, 7) is -2.08. The molecule has 0 unspecified atom stereocenters. The second kappa shape index (κ2) is 18.2. The van der Waals surface area contributed by atoms with Gasteiger partial charge in [-0.25, -0.2) is 25.2 Å². The van der Waals surface area contributed by atoms with Crippen LogP contribution in [0.3, 0.4) is 0 Å². The third-order valence-corrected chi connectivity index (χ3v) is 13.8. The number of anilines is 1. The normalized spacial score (nSPS) is 13.3. The Morgan fingerprint density at radius 2 is 1.13 bits per heavy atom. The summed E-state index contributed by atoms with van der Waals surface area (Å²) in [4.78, 5) is -3.53. The Kier molecular flexibility index (Phi) is 14.5. The van der Waals surface area contributed by atoms with Gasteiger partial charge in [-0.2, -0.15) is 33.7 Å². The SMILES string of the molecule is CNc1ccc2c(OC)c(/N=N/c3cc(OC)c(S(=O)(=O)CCOS(=O)(=O)O)cc3O)c(S(=O)(=O)O)cc2c1/N=N/c1ccc(S(=O)(=O)CCOS(=O)(=O)O)cc1S(=O)(=O)O. The Morgan fingerprint density at radius 1 is 0.574 bits per heavy atom. The van der Waals surface area contributed by atoms with E-state index in [1.807, 2.05) is 0 Å². The smallest absolute Gasteiger partial charge is 0.397 e. The van der Waals surface area contributed by atoms with Crippen LogP contribution >= 0.6 is 0 Å². The van der Waals surface area contributed by atoms with Crippen molar-refractivity contribution in [2.45, 2.75) is 19.6 Å². The zero-order valence-electron chi connectivity index (χ0n) is 31.0. The number of hydrogen-bond acceptors (Lipinski definition) is 22. The predicted molar refractivity (Wildman–Crippen MR) is 208 cm³/mol. The molecular formula is C29H31N5O21S6. The molecule has 6 N–H and O–H groups in total. The van der Waals surface area contributed by atoms with Crippen LogP contribution < -0.4 is 14.8 Å². The van der Waals surface area contributed by atoms with Crippen molar-refractivity contribution in [3.05, 3.63) is 48.5 Å². The molecule has 4 aromatic carbocycles. The van der Waals surface area contributed by atoms with Crippen LogP contribution in [0.25, 0.3) is 10.8 Å². The fraction of sp³-hybridized carbons (Fsp3) is 0.241. The summed E-state index contributed by atoms with van der Waals surface area (Å²) in [5.41, 5.74) is -2.08. The summed E-state index contributed by atoms with van der Waals surface area (Å²) in [7, 11) is -26.0. The molecular weight excluding hydrogens is 947 g/mol. The monoisotopic (exact) mass is 977 g/mol. The number of fused-ring (bicyclic) bond motifs is 1. The molecule has 0 saturated heterocycles. The van der Waals surface area contributed by atoms with E-state index < -0.39 is 139 Å². The number of sulfone groups is 2. The van der Waals surface area contributed by atoms with E-state index >= 15 is 0 Å². The lowest BCUT2D eigenvalue weighted by Crippen LogP contribution is -2.16. The molecule has 0 heterocycles. The minimum absolute atomic E-state index is 0.0179. The average molecular weight is 978 g/mol. The zero-order valence-corrected chi connectivity index (χ0v) is 35.9. The first-order valence-corrected chi connectivity index (χ1v) is 24.8. The molecule has 32 heteroatoms. The van der Waals surface area contributed by atoms with Gasteiger partial charge < -0.3 is 19.9 Å². The van der Waals surface area contributed by atoms with E-state index in [0.29, 0.717) is 12.1 Å². The van der Waals surface area contributed by atoms with Gasteiger partial charge in [0.2, 0.25) is 0 Å². The Labute approximate surface area is 347 Å². The van der Waals surface area contributed by atoms with E-state index in [4.69, 9.17) is 18.6 Å². The molecule has 0 saturated carbocycles. The molecule has 61 heavy (non-hydrogen) atoms. The maximum Gasteiger partial charge on any atom is 0.397 e. The number of aromatic hydroxyl groups is 1. The van der Waals surface area contributed by atoms with Crippen molar-refractivity contribution in [2.75, 3.05) is 51.3 Å². The lowest BCUT2D eigenvalue weighted by atomic mass is 10.0. The van der Waals surface area contributed by atoms with E-state index in [9.17, 15) is 64.7 Å². The van der Waals surface area contributed by atoms with E-state index in [2.05, 4.69) is 34.1 Å². The largest absolute Gasteiger partial charge is 0.506 e. The van der Waals surface area contributed by atoms with Gasteiger partial charge in [-0.1, -0.05) is 0 Å². The van der Waals surface area contributed by atoms with Crippen LogP contribution in [0, 0.1) is 0 Å². The number of benzene rings is 4. The molecule has 0 aromatic heterocycles. The van der Waals surface area contributed by atoms with Crippen LogP contribution in [0.4, 0.5) is 28.4 Å². The molecule has 0 atom stereocenters. The predicted octanol–water partition coefficient (Wildman–Crippen LogP) is 3.11. The quantitative estimate of drug-likeness (QED) is 0.0580. The van der Waals surface area contributed by atoms with Gasteiger partial charge in [0, 0.05) is 30.0 Å². The van der Waals surface area contributed by atoms with E-state index in [-0.39, 0.29) is 22.1 Å². The van der Waals surface area contributed by atoms with Crippen molar-refractivity contribution in [2.24, 2.45) is 20.5 Å². The van der Waals surface area contributed by atoms with Gasteiger partial charge in [0.15, 0.2) is 25.4 Å². The van der Waals surface area contributed by atoms with Crippen molar-refractivity contribution in [1.82, 2.24) is 0 Å². The molecule has 0 aliphatic rings. The molecule has 0 aliphatic heterocycles. The summed E-state index contributed by atoms with van der Waals surface area (Å²) in [6.07, 6.45) is 0. The fourth-order valence-electron chi connectivity index (χ4n) is 5.13. The number of azo groups is 2. The van der Waals surface area contributed by atoms with Gasteiger partial charge in [-0.3, -0.25) is 18.2 Å². The van der Waals surface area contributed by atoms with Crippen LogP contribution in [-0.2, 0) is 69.1 Å². The van der Waals surface area contributed by atoms with E-state index in [0.717, 1.165) is 38.5 Å². The first-order valence-electron chi connectivity index (χ1n) is 15.9. The van der Waals surface area contributed by atoms with Crippen molar-refractivity contribution >= 4 is 99.9 Å². The minimum Gasteiger partial charge on any atom is -0.506 e. The molecule has 0 radical (unpaired) electrons. The maximum absolute atomic E-state index is 12.9. The highest BCUT2D eigenvalue weighted by atomic mass is 32.3. The maximum atomic E-state index is 12.9. The zero-order chi connectivity index (χ0) is 45.9. The Hall–Kier alpha value is -5.00. The first kappa shape index (κ1) is 48.7. The molecule has 0 amide bonds. The van der Waals surface area contributed by atoms with Gasteiger partial charge in [0.1, 0.15) is 48.9 Å². The number of nitrogens with zero attached hydrogens (tertiary/aromatic N) is 4. The second-order valence-electron chi connectivity index (χ2n) is 11.7. The van der Waals surface area contributed by atoms with Gasteiger partial charge in [0.05, 0.1) is 49.5 Å². The summed E-state index contributed by atoms with van der Waals surface area (Å²) in [5, 5.41) is 28.7. The molecule has 334 valence electrons. The van der Waals surface area contributed by atoms with Crippen molar-refractivity contribution in [3.63, 3.8) is 0 Å². The highest BCUT2D eigenvalue weighted by Crippen LogP contribution is 2.48. The number of ether oxygens (including phenoxy) is 2.